The average molecular weight is 439 g/mol. The molecule has 154 valence electrons. The molecule has 2 amide bonds. The largest absolute Gasteiger partial charge is 0.274 e. The topological polar surface area (TPSA) is 50.3 Å². The summed E-state index contributed by atoms with van der Waals surface area (Å²) >= 11 is 7.95. The summed E-state index contributed by atoms with van der Waals surface area (Å²) in [5, 5.41) is 0.707. The molecule has 1 saturated heterocycles. The van der Waals surface area contributed by atoms with Crippen molar-refractivity contribution in [3.05, 3.63) is 51.5 Å². The van der Waals surface area contributed by atoms with Gasteiger partial charge < -0.3 is 0 Å². The first kappa shape index (κ1) is 19.7. The third kappa shape index (κ3) is 2.61. The Labute approximate surface area is 184 Å². The van der Waals surface area contributed by atoms with E-state index in [9.17, 15) is 9.59 Å². The quantitative estimate of drug-likeness (QED) is 0.476. The monoisotopic (exact) mass is 438 g/mol. The molecule has 5 rings (SSSR count). The maximum Gasteiger partial charge on any atom is 0.234 e. The first-order chi connectivity index (χ1) is 14.1. The van der Waals surface area contributed by atoms with E-state index in [0.717, 1.165) is 31.8 Å². The second-order valence-corrected chi connectivity index (χ2v) is 10.6. The smallest absolute Gasteiger partial charge is 0.234 e. The third-order valence-electron chi connectivity index (χ3n) is 6.99. The molecule has 1 aliphatic heterocycles. The molecular formula is C24H23ClN2O2S. The number of thiophene rings is 1. The molecule has 0 spiro atoms. The number of aromatic nitrogens is 1. The first-order valence-electron chi connectivity index (χ1n) is 10.2. The number of carbonyl (C=O) groups is 2. The molecule has 2 fully saturated rings. The number of aryl methyl sites for hydroxylation is 1. The zero-order valence-corrected chi connectivity index (χ0v) is 19.2. The van der Waals surface area contributed by atoms with E-state index in [1.807, 2.05) is 45.0 Å². The van der Waals surface area contributed by atoms with Crippen LogP contribution < -0.4 is 0 Å². The van der Waals surface area contributed by atoms with Crippen LogP contribution in [-0.4, -0.2) is 21.7 Å². The van der Waals surface area contributed by atoms with Crippen LogP contribution in [0, 0.1) is 31.1 Å². The van der Waals surface area contributed by atoms with Gasteiger partial charge in [-0.2, -0.15) is 0 Å². The van der Waals surface area contributed by atoms with Gasteiger partial charge in [-0.05, 0) is 67.1 Å². The summed E-state index contributed by atoms with van der Waals surface area (Å²) in [6.45, 7) is 10.1. The van der Waals surface area contributed by atoms with Crippen molar-refractivity contribution in [2.45, 2.75) is 40.7 Å². The van der Waals surface area contributed by atoms with E-state index in [2.05, 4.69) is 18.8 Å². The van der Waals surface area contributed by atoms with E-state index in [1.54, 1.807) is 17.5 Å². The number of piperidine rings is 1. The third-order valence-corrected chi connectivity index (χ3v) is 8.53. The van der Waals surface area contributed by atoms with E-state index in [1.165, 1.54) is 10.5 Å². The van der Waals surface area contributed by atoms with Crippen LogP contribution in [0.4, 0.5) is 0 Å². The van der Waals surface area contributed by atoms with E-state index >= 15 is 0 Å². The lowest BCUT2D eigenvalue weighted by Crippen LogP contribution is -2.37. The number of fused-ring (bicyclic) bond motifs is 2. The second-order valence-electron chi connectivity index (χ2n) is 9.12. The van der Waals surface area contributed by atoms with Crippen LogP contribution in [0.1, 0.15) is 42.8 Å². The fourth-order valence-corrected chi connectivity index (χ4v) is 6.41. The standard InChI is InChI=1S/C24H23ClN2O2S/c1-11-8-14(25)9-16(12(11)2)15-6-7-26-17-10-18(30-21(15)17)13(3)27-22(28)19-20(23(27)29)24(19,4)5/h6-10,13,19-20H,1-5H3. The molecular weight excluding hydrogens is 416 g/mol. The summed E-state index contributed by atoms with van der Waals surface area (Å²) in [6, 6.07) is 7.69. The van der Waals surface area contributed by atoms with Crippen molar-refractivity contribution < 1.29 is 9.59 Å². The van der Waals surface area contributed by atoms with Gasteiger partial charge in [0, 0.05) is 21.7 Å². The molecule has 3 unspecified atom stereocenters. The SMILES string of the molecule is Cc1cc(Cl)cc(-c2ccnc3cc(C(C)N4C(=O)C5C(C4=O)C5(C)C)sc23)c1C. The molecule has 4 nitrogen and oxygen atoms in total. The number of imide groups is 1. The number of pyridine rings is 1. The molecule has 6 heteroatoms. The van der Waals surface area contributed by atoms with Gasteiger partial charge in [0.25, 0.3) is 0 Å². The van der Waals surface area contributed by atoms with Gasteiger partial charge in [-0.3, -0.25) is 19.5 Å². The van der Waals surface area contributed by atoms with Crippen molar-refractivity contribution in [3.63, 3.8) is 0 Å². The van der Waals surface area contributed by atoms with Crippen molar-refractivity contribution in [1.82, 2.24) is 9.88 Å². The predicted molar refractivity (Wildman–Crippen MR) is 121 cm³/mol. The molecule has 1 aromatic carbocycles. The highest BCUT2D eigenvalue weighted by molar-refractivity contribution is 7.19. The Morgan fingerprint density at radius 1 is 1.10 bits per heavy atom. The summed E-state index contributed by atoms with van der Waals surface area (Å²) in [5.41, 5.74) is 5.17. The summed E-state index contributed by atoms with van der Waals surface area (Å²) in [6.07, 6.45) is 1.80. The molecule has 0 N–H and O–H groups in total. The fraction of sp³-hybridized carbons (Fsp3) is 0.375. The van der Waals surface area contributed by atoms with Crippen LogP contribution >= 0.6 is 22.9 Å². The normalized spacial score (nSPS) is 23.2. The van der Waals surface area contributed by atoms with Gasteiger partial charge in [0.1, 0.15) is 0 Å². The summed E-state index contributed by atoms with van der Waals surface area (Å²) in [5.74, 6) is -0.385. The number of halogens is 1. The van der Waals surface area contributed by atoms with Crippen LogP contribution in [0.5, 0.6) is 0 Å². The van der Waals surface area contributed by atoms with Crippen LogP contribution in [0.3, 0.4) is 0 Å². The predicted octanol–water partition coefficient (Wildman–Crippen LogP) is 5.94. The molecule has 1 saturated carbocycles. The van der Waals surface area contributed by atoms with Crippen LogP contribution in [0.25, 0.3) is 21.3 Å². The van der Waals surface area contributed by atoms with Gasteiger partial charge in [-0.1, -0.05) is 25.4 Å². The molecule has 1 aliphatic carbocycles. The maximum absolute atomic E-state index is 12.9. The lowest BCUT2D eigenvalue weighted by Gasteiger charge is -2.26. The Morgan fingerprint density at radius 2 is 1.77 bits per heavy atom. The Hall–Kier alpha value is -2.24. The molecule has 0 bridgehead atoms. The fourth-order valence-electron chi connectivity index (χ4n) is 4.95. The van der Waals surface area contributed by atoms with Gasteiger partial charge in [0.05, 0.1) is 28.1 Å². The number of rotatable bonds is 3. The minimum absolute atomic E-state index is 0.0329. The number of benzene rings is 1. The van der Waals surface area contributed by atoms with Crippen molar-refractivity contribution in [1.29, 1.82) is 0 Å². The second kappa shape index (κ2) is 6.38. The summed E-state index contributed by atoms with van der Waals surface area (Å²) < 4.78 is 1.05. The van der Waals surface area contributed by atoms with E-state index in [4.69, 9.17) is 11.6 Å². The van der Waals surface area contributed by atoms with Crippen molar-refractivity contribution in [2.75, 3.05) is 0 Å². The molecule has 2 aliphatic rings. The zero-order valence-electron chi connectivity index (χ0n) is 17.6. The summed E-state index contributed by atoms with van der Waals surface area (Å²) in [4.78, 5) is 32.8. The van der Waals surface area contributed by atoms with Crippen LogP contribution in [-0.2, 0) is 9.59 Å². The molecule has 2 aromatic heterocycles. The van der Waals surface area contributed by atoms with Crippen molar-refractivity contribution in [3.8, 4) is 11.1 Å². The molecule has 3 atom stereocenters. The highest BCUT2D eigenvalue weighted by Crippen LogP contribution is 2.64. The Bertz CT molecular complexity index is 1220. The van der Waals surface area contributed by atoms with E-state index in [-0.39, 0.29) is 35.1 Å². The van der Waals surface area contributed by atoms with E-state index in [0.29, 0.717) is 5.02 Å². The maximum atomic E-state index is 12.9. The Balaban J connectivity index is 1.57. The van der Waals surface area contributed by atoms with Gasteiger partial charge in [0.2, 0.25) is 11.8 Å². The Morgan fingerprint density at radius 3 is 2.43 bits per heavy atom. The Kier molecular flexibility index (Phi) is 4.19. The minimum atomic E-state index is -0.289. The average Bonchev–Trinajstić information content (AvgIpc) is 2.97. The first-order valence-corrected chi connectivity index (χ1v) is 11.3. The highest BCUT2D eigenvalue weighted by atomic mass is 35.5. The lowest BCUT2D eigenvalue weighted by molar-refractivity contribution is -0.145. The van der Waals surface area contributed by atoms with Crippen LogP contribution in [0.2, 0.25) is 5.02 Å². The van der Waals surface area contributed by atoms with Gasteiger partial charge in [-0.25, -0.2) is 0 Å². The number of carbonyl (C=O) groups excluding carboxylic acids is 2. The van der Waals surface area contributed by atoms with Gasteiger partial charge in [-0.15, -0.1) is 11.3 Å². The zero-order chi connectivity index (χ0) is 21.5. The minimum Gasteiger partial charge on any atom is -0.274 e. The molecule has 30 heavy (non-hydrogen) atoms. The summed E-state index contributed by atoms with van der Waals surface area (Å²) in [7, 11) is 0. The number of hydrogen-bond donors (Lipinski definition) is 0. The number of nitrogens with zero attached hydrogens (tertiary/aromatic N) is 2. The van der Waals surface area contributed by atoms with Gasteiger partial charge >= 0.3 is 0 Å². The lowest BCUT2D eigenvalue weighted by atomic mass is 9.97. The number of hydrogen-bond acceptors (Lipinski definition) is 4. The molecule has 0 radical (unpaired) electrons. The van der Waals surface area contributed by atoms with E-state index < -0.39 is 0 Å². The number of likely N-dealkylation sites (tertiary alicyclic amines) is 1. The number of amides is 2. The molecule has 3 heterocycles. The van der Waals surface area contributed by atoms with Crippen LogP contribution in [0.15, 0.2) is 30.5 Å². The highest BCUT2D eigenvalue weighted by Gasteiger charge is 2.73. The molecule has 3 aromatic rings. The van der Waals surface area contributed by atoms with Crippen molar-refractivity contribution in [2.24, 2.45) is 17.3 Å². The van der Waals surface area contributed by atoms with Crippen molar-refractivity contribution >= 4 is 45.0 Å². The van der Waals surface area contributed by atoms with Gasteiger partial charge in [0.15, 0.2) is 0 Å².